The minimum Gasteiger partial charge on any atom is -0.308 e. The van der Waals surface area contributed by atoms with E-state index in [9.17, 15) is 4.79 Å². The summed E-state index contributed by atoms with van der Waals surface area (Å²) in [7, 11) is 0. The largest absolute Gasteiger partial charge is 0.308 e. The number of aryl methyl sites for hydroxylation is 1. The third-order valence-corrected chi connectivity index (χ3v) is 4.31. The van der Waals surface area contributed by atoms with Gasteiger partial charge in [-0.25, -0.2) is 4.98 Å². The van der Waals surface area contributed by atoms with Crippen molar-refractivity contribution in [2.24, 2.45) is 0 Å². The Morgan fingerprint density at radius 2 is 2.05 bits per heavy atom. The average molecular weight is 297 g/mol. The minimum absolute atomic E-state index is 0.0172. The van der Waals surface area contributed by atoms with Crippen molar-refractivity contribution in [1.82, 2.24) is 15.3 Å². The van der Waals surface area contributed by atoms with Gasteiger partial charge >= 0.3 is 0 Å². The van der Waals surface area contributed by atoms with Crippen molar-refractivity contribution in [3.05, 3.63) is 51.4 Å². The fraction of sp³-hybridized carbons (Fsp3) is 0.444. The first-order valence-corrected chi connectivity index (χ1v) is 8.12. The quantitative estimate of drug-likeness (QED) is 0.911. The predicted octanol–water partition coefficient (Wildman–Crippen LogP) is 3.12. The Kier molecular flexibility index (Phi) is 4.39. The SMILES string of the molecule is CCCCC1NCCc2c1nc(-c1ccc(C)cc1)[nH]c2=O. The first-order chi connectivity index (χ1) is 10.7. The summed E-state index contributed by atoms with van der Waals surface area (Å²) in [6, 6.07) is 8.31. The zero-order valence-corrected chi connectivity index (χ0v) is 13.3. The molecule has 0 bridgehead atoms. The first kappa shape index (κ1) is 15.0. The standard InChI is InChI=1S/C18H23N3O/c1-3-4-5-15-16-14(10-11-19-15)18(22)21-17(20-16)13-8-6-12(2)7-9-13/h6-9,15,19H,3-5,10-11H2,1-2H3,(H,20,21,22). The smallest absolute Gasteiger partial charge is 0.254 e. The van der Waals surface area contributed by atoms with Gasteiger partial charge in [-0.2, -0.15) is 0 Å². The van der Waals surface area contributed by atoms with E-state index in [1.54, 1.807) is 0 Å². The second-order valence-corrected chi connectivity index (χ2v) is 6.04. The number of nitrogens with one attached hydrogen (secondary N) is 2. The van der Waals surface area contributed by atoms with Crippen LogP contribution in [-0.4, -0.2) is 16.5 Å². The summed E-state index contributed by atoms with van der Waals surface area (Å²) < 4.78 is 0. The van der Waals surface area contributed by atoms with Gasteiger partial charge in [0.05, 0.1) is 11.7 Å². The molecule has 1 unspecified atom stereocenters. The fourth-order valence-electron chi connectivity index (χ4n) is 3.01. The summed E-state index contributed by atoms with van der Waals surface area (Å²) >= 11 is 0. The van der Waals surface area contributed by atoms with Gasteiger partial charge in [0, 0.05) is 17.7 Å². The molecule has 1 aliphatic heterocycles. The van der Waals surface area contributed by atoms with E-state index < -0.39 is 0 Å². The van der Waals surface area contributed by atoms with E-state index in [1.165, 1.54) is 5.56 Å². The summed E-state index contributed by atoms with van der Waals surface area (Å²) in [5.41, 5.74) is 3.98. The normalized spacial score (nSPS) is 17.3. The van der Waals surface area contributed by atoms with Crippen LogP contribution in [-0.2, 0) is 6.42 Å². The molecular formula is C18H23N3O. The number of H-pyrrole nitrogens is 1. The Hall–Kier alpha value is -1.94. The molecule has 0 radical (unpaired) electrons. The average Bonchev–Trinajstić information content (AvgIpc) is 2.53. The maximum Gasteiger partial charge on any atom is 0.254 e. The molecule has 1 aliphatic rings. The molecule has 0 fully saturated rings. The van der Waals surface area contributed by atoms with Crippen LogP contribution in [0.1, 0.15) is 49.0 Å². The third kappa shape index (κ3) is 2.97. The maximum absolute atomic E-state index is 12.4. The van der Waals surface area contributed by atoms with E-state index >= 15 is 0 Å². The number of rotatable bonds is 4. The van der Waals surface area contributed by atoms with Gasteiger partial charge in [0.1, 0.15) is 5.82 Å². The molecule has 2 heterocycles. The lowest BCUT2D eigenvalue weighted by Gasteiger charge is -2.25. The number of fused-ring (bicyclic) bond motifs is 1. The highest BCUT2D eigenvalue weighted by Gasteiger charge is 2.24. The Morgan fingerprint density at radius 1 is 1.27 bits per heavy atom. The van der Waals surface area contributed by atoms with E-state index in [0.29, 0.717) is 5.82 Å². The molecule has 2 N–H and O–H groups in total. The molecule has 0 saturated carbocycles. The van der Waals surface area contributed by atoms with Gasteiger partial charge in [-0.1, -0.05) is 49.6 Å². The van der Waals surface area contributed by atoms with Crippen molar-refractivity contribution < 1.29 is 0 Å². The van der Waals surface area contributed by atoms with E-state index in [2.05, 4.69) is 24.1 Å². The van der Waals surface area contributed by atoms with Crippen LogP contribution in [0.4, 0.5) is 0 Å². The lowest BCUT2D eigenvalue weighted by Crippen LogP contribution is -2.35. The van der Waals surface area contributed by atoms with Gasteiger partial charge in [-0.15, -0.1) is 0 Å². The Balaban J connectivity index is 2.02. The number of unbranched alkanes of at least 4 members (excludes halogenated alkanes) is 1. The van der Waals surface area contributed by atoms with Crippen molar-refractivity contribution in [2.75, 3.05) is 6.54 Å². The van der Waals surface area contributed by atoms with E-state index in [0.717, 1.165) is 49.0 Å². The van der Waals surface area contributed by atoms with Crippen molar-refractivity contribution in [1.29, 1.82) is 0 Å². The molecule has 0 amide bonds. The number of hydrogen-bond donors (Lipinski definition) is 2. The van der Waals surface area contributed by atoms with Crippen molar-refractivity contribution in [3.63, 3.8) is 0 Å². The fourth-order valence-corrected chi connectivity index (χ4v) is 3.01. The van der Waals surface area contributed by atoms with Crippen LogP contribution in [0.25, 0.3) is 11.4 Å². The molecule has 1 aromatic carbocycles. The number of benzene rings is 1. The summed E-state index contributed by atoms with van der Waals surface area (Å²) in [6.07, 6.45) is 4.09. The van der Waals surface area contributed by atoms with Crippen LogP contribution in [0.3, 0.4) is 0 Å². The van der Waals surface area contributed by atoms with Gasteiger partial charge in [0.25, 0.3) is 5.56 Å². The third-order valence-electron chi connectivity index (χ3n) is 4.31. The van der Waals surface area contributed by atoms with Gasteiger partial charge in [-0.3, -0.25) is 4.79 Å². The topological polar surface area (TPSA) is 57.8 Å². The summed E-state index contributed by atoms with van der Waals surface area (Å²) in [5, 5.41) is 3.51. The molecule has 22 heavy (non-hydrogen) atoms. The molecule has 116 valence electrons. The summed E-state index contributed by atoms with van der Waals surface area (Å²) in [4.78, 5) is 20.2. The molecule has 0 aliphatic carbocycles. The molecule has 4 heteroatoms. The summed E-state index contributed by atoms with van der Waals surface area (Å²) in [6.45, 7) is 5.10. The van der Waals surface area contributed by atoms with Gasteiger partial charge in [-0.05, 0) is 19.8 Å². The van der Waals surface area contributed by atoms with Crippen LogP contribution in [0, 0.1) is 6.92 Å². The molecule has 0 spiro atoms. The molecule has 1 atom stereocenters. The van der Waals surface area contributed by atoms with Crippen LogP contribution in [0.2, 0.25) is 0 Å². The zero-order chi connectivity index (χ0) is 15.5. The molecule has 3 rings (SSSR count). The zero-order valence-electron chi connectivity index (χ0n) is 13.3. The van der Waals surface area contributed by atoms with Crippen LogP contribution >= 0.6 is 0 Å². The second kappa shape index (κ2) is 6.44. The molecule has 1 aromatic heterocycles. The van der Waals surface area contributed by atoms with Crippen LogP contribution in [0.15, 0.2) is 29.1 Å². The first-order valence-electron chi connectivity index (χ1n) is 8.12. The molecule has 2 aromatic rings. The van der Waals surface area contributed by atoms with Gasteiger partial charge in [0.2, 0.25) is 0 Å². The highest BCUT2D eigenvalue weighted by Crippen LogP contribution is 2.25. The Bertz CT molecular complexity index is 703. The predicted molar refractivity (Wildman–Crippen MR) is 89.0 cm³/mol. The number of nitrogens with zero attached hydrogens (tertiary/aromatic N) is 1. The monoisotopic (exact) mass is 297 g/mol. The van der Waals surface area contributed by atoms with Crippen molar-refractivity contribution in [2.45, 2.75) is 45.6 Å². The van der Waals surface area contributed by atoms with Crippen molar-refractivity contribution in [3.8, 4) is 11.4 Å². The lowest BCUT2D eigenvalue weighted by atomic mass is 9.96. The Labute approximate surface area is 131 Å². The maximum atomic E-state index is 12.4. The molecule has 4 nitrogen and oxygen atoms in total. The summed E-state index contributed by atoms with van der Waals surface area (Å²) in [5.74, 6) is 0.675. The van der Waals surface area contributed by atoms with Crippen molar-refractivity contribution >= 4 is 0 Å². The molecular weight excluding hydrogens is 274 g/mol. The van der Waals surface area contributed by atoms with E-state index in [4.69, 9.17) is 4.98 Å². The van der Waals surface area contributed by atoms with Gasteiger partial charge in [0.15, 0.2) is 0 Å². The van der Waals surface area contributed by atoms with E-state index in [1.807, 2.05) is 24.3 Å². The number of aromatic nitrogens is 2. The minimum atomic E-state index is 0.0172. The van der Waals surface area contributed by atoms with Crippen LogP contribution in [0.5, 0.6) is 0 Å². The highest BCUT2D eigenvalue weighted by atomic mass is 16.1. The number of aromatic amines is 1. The molecule has 0 saturated heterocycles. The lowest BCUT2D eigenvalue weighted by molar-refractivity contribution is 0.446. The van der Waals surface area contributed by atoms with Gasteiger partial charge < -0.3 is 10.3 Å². The second-order valence-electron chi connectivity index (χ2n) is 6.04. The highest BCUT2D eigenvalue weighted by molar-refractivity contribution is 5.55. The van der Waals surface area contributed by atoms with E-state index in [-0.39, 0.29) is 11.6 Å². The number of hydrogen-bond acceptors (Lipinski definition) is 3. The Morgan fingerprint density at radius 3 is 2.77 bits per heavy atom. The van der Waals surface area contributed by atoms with Crippen LogP contribution < -0.4 is 10.9 Å².